The van der Waals surface area contributed by atoms with Crippen LogP contribution in [0.4, 0.5) is 4.39 Å². The van der Waals surface area contributed by atoms with E-state index in [0.29, 0.717) is 0 Å². The Morgan fingerprint density at radius 2 is 1.94 bits per heavy atom. The molecule has 2 atom stereocenters. The van der Waals surface area contributed by atoms with Gasteiger partial charge in [-0.1, -0.05) is 48.5 Å². The van der Waals surface area contributed by atoms with Crippen molar-refractivity contribution in [2.45, 2.75) is 50.0 Å². The van der Waals surface area contributed by atoms with E-state index in [2.05, 4.69) is 21.1 Å². The van der Waals surface area contributed by atoms with Gasteiger partial charge in [-0.2, -0.15) is 0 Å². The van der Waals surface area contributed by atoms with Crippen molar-refractivity contribution < 1.29 is 22.7 Å². The summed E-state index contributed by atoms with van der Waals surface area (Å²) in [6.07, 6.45) is 3.53. The van der Waals surface area contributed by atoms with E-state index < -0.39 is 32.7 Å². The minimum atomic E-state index is -3.84. The van der Waals surface area contributed by atoms with E-state index in [-0.39, 0.29) is 31.0 Å². The molecule has 0 bridgehead atoms. The van der Waals surface area contributed by atoms with Gasteiger partial charge >= 0.3 is 0 Å². The highest BCUT2D eigenvalue weighted by atomic mass is 32.2. The molecule has 9 heteroatoms. The highest BCUT2D eigenvalue weighted by Gasteiger charge is 2.47. The second-order valence-electron chi connectivity index (χ2n) is 9.41. The molecule has 0 radical (unpaired) electrons. The molecule has 4 rings (SSSR count). The van der Waals surface area contributed by atoms with Crippen LogP contribution in [0.3, 0.4) is 0 Å². The van der Waals surface area contributed by atoms with Crippen LogP contribution in [0.1, 0.15) is 49.4 Å². The summed E-state index contributed by atoms with van der Waals surface area (Å²) < 4.78 is 49.3. The Morgan fingerprint density at radius 1 is 1.20 bits per heavy atom. The molecule has 0 saturated carbocycles. The maximum Gasteiger partial charge on any atom is 0.299 e. The Bertz CT molecular complexity index is 1210. The van der Waals surface area contributed by atoms with Gasteiger partial charge in [-0.25, -0.2) is 22.5 Å². The van der Waals surface area contributed by atoms with Crippen LogP contribution in [0.2, 0.25) is 0 Å². The van der Waals surface area contributed by atoms with Crippen LogP contribution >= 0.6 is 0 Å². The Labute approximate surface area is 206 Å². The topological polar surface area (TPSA) is 100 Å². The molecule has 2 heterocycles. The molecule has 0 aliphatic carbocycles. The van der Waals surface area contributed by atoms with Crippen LogP contribution in [0, 0.1) is 5.82 Å². The standard InChI is InChI=1S/C26H32FN3O4S/c1-26(2)24(17-18-7-9-19(10-8-18)20-11-14-28-15-12-20)35(32,33)30-25(34-26)29-23(13-16-31)21-5-3-4-6-22(21)27/h3-11,23-24,28,31H,12-17H2,1-2H3,(H,29,30). The zero-order valence-electron chi connectivity index (χ0n) is 20.0. The van der Waals surface area contributed by atoms with Crippen molar-refractivity contribution in [2.75, 3.05) is 19.7 Å². The molecule has 1 fully saturated rings. The van der Waals surface area contributed by atoms with Gasteiger partial charge in [0.2, 0.25) is 10.0 Å². The SMILES string of the molecule is CC1(C)OC(=NC(CCO)c2ccccc2F)NS(=O)(=O)C1Cc1ccc(C2=CCNCC2)cc1. The van der Waals surface area contributed by atoms with Crippen molar-refractivity contribution in [1.29, 1.82) is 0 Å². The molecular weight excluding hydrogens is 469 g/mol. The first-order chi connectivity index (χ1) is 16.7. The highest BCUT2D eigenvalue weighted by Crippen LogP contribution is 2.31. The zero-order chi connectivity index (χ0) is 25.1. The molecule has 0 aromatic heterocycles. The lowest BCUT2D eigenvalue weighted by Gasteiger charge is -2.39. The lowest BCUT2D eigenvalue weighted by molar-refractivity contribution is 0.0759. The van der Waals surface area contributed by atoms with E-state index in [1.165, 1.54) is 11.6 Å². The van der Waals surface area contributed by atoms with Gasteiger partial charge in [0.15, 0.2) is 0 Å². The van der Waals surface area contributed by atoms with Crippen molar-refractivity contribution in [3.05, 3.63) is 77.1 Å². The van der Waals surface area contributed by atoms with Crippen molar-refractivity contribution in [1.82, 2.24) is 10.0 Å². The number of nitrogens with one attached hydrogen (secondary N) is 2. The number of aliphatic hydroxyl groups is 1. The van der Waals surface area contributed by atoms with Crippen molar-refractivity contribution in [3.8, 4) is 0 Å². The minimum Gasteiger partial charge on any atom is -0.457 e. The van der Waals surface area contributed by atoms with E-state index >= 15 is 0 Å². The van der Waals surface area contributed by atoms with Gasteiger partial charge in [-0.05, 0) is 62.4 Å². The zero-order valence-corrected chi connectivity index (χ0v) is 20.8. The quantitative estimate of drug-likeness (QED) is 0.541. The number of aliphatic imine (C=N–C) groups is 1. The second-order valence-corrected chi connectivity index (χ2v) is 11.3. The second kappa shape index (κ2) is 10.5. The third-order valence-electron chi connectivity index (χ3n) is 6.49. The fourth-order valence-corrected chi connectivity index (χ4v) is 6.25. The fourth-order valence-electron chi connectivity index (χ4n) is 4.56. The van der Waals surface area contributed by atoms with E-state index in [4.69, 9.17) is 4.74 Å². The van der Waals surface area contributed by atoms with Crippen LogP contribution in [-0.2, 0) is 21.2 Å². The summed E-state index contributed by atoms with van der Waals surface area (Å²) >= 11 is 0. The molecule has 2 unspecified atom stereocenters. The van der Waals surface area contributed by atoms with E-state index in [0.717, 1.165) is 30.6 Å². The summed E-state index contributed by atoms with van der Waals surface area (Å²) in [6.45, 7) is 4.99. The van der Waals surface area contributed by atoms with Crippen molar-refractivity contribution in [3.63, 3.8) is 0 Å². The summed E-state index contributed by atoms with van der Waals surface area (Å²) in [4.78, 5) is 4.35. The van der Waals surface area contributed by atoms with Gasteiger partial charge in [0.25, 0.3) is 6.02 Å². The summed E-state index contributed by atoms with van der Waals surface area (Å²) in [5, 5.41) is 11.9. The minimum absolute atomic E-state index is 0.123. The Hall–Kier alpha value is -2.75. The van der Waals surface area contributed by atoms with Crippen LogP contribution < -0.4 is 10.0 Å². The first-order valence-corrected chi connectivity index (χ1v) is 13.4. The number of ether oxygens (including phenoxy) is 1. The number of rotatable bonds is 7. The maximum atomic E-state index is 14.3. The lowest BCUT2D eigenvalue weighted by atomic mass is 9.95. The summed E-state index contributed by atoms with van der Waals surface area (Å²) in [5.74, 6) is -0.477. The van der Waals surface area contributed by atoms with Gasteiger partial charge in [0, 0.05) is 18.7 Å². The molecule has 0 amide bonds. The Balaban J connectivity index is 1.54. The van der Waals surface area contributed by atoms with Crippen LogP contribution in [-0.4, -0.2) is 50.1 Å². The molecule has 35 heavy (non-hydrogen) atoms. The third-order valence-corrected chi connectivity index (χ3v) is 8.43. The van der Waals surface area contributed by atoms with Crippen LogP contribution in [0.5, 0.6) is 0 Å². The van der Waals surface area contributed by atoms with Crippen LogP contribution in [0.15, 0.2) is 59.6 Å². The molecule has 0 spiro atoms. The van der Waals surface area contributed by atoms with Crippen molar-refractivity contribution >= 4 is 21.6 Å². The molecule has 1 saturated heterocycles. The molecule has 2 aromatic carbocycles. The maximum absolute atomic E-state index is 14.3. The summed E-state index contributed by atoms with van der Waals surface area (Å²) in [7, 11) is -3.84. The van der Waals surface area contributed by atoms with E-state index in [1.54, 1.807) is 32.0 Å². The lowest BCUT2D eigenvalue weighted by Crippen LogP contribution is -2.59. The number of sulfonamides is 1. The first kappa shape index (κ1) is 25.3. The smallest absolute Gasteiger partial charge is 0.299 e. The fraction of sp³-hybridized carbons (Fsp3) is 0.423. The number of aliphatic hydroxyl groups excluding tert-OH is 1. The average molecular weight is 502 g/mol. The van der Waals surface area contributed by atoms with E-state index in [9.17, 15) is 17.9 Å². The molecule has 3 N–H and O–H groups in total. The highest BCUT2D eigenvalue weighted by molar-refractivity contribution is 7.90. The van der Waals surface area contributed by atoms with Gasteiger partial charge in [-0.3, -0.25) is 0 Å². The number of halogens is 1. The predicted molar refractivity (Wildman–Crippen MR) is 135 cm³/mol. The molecule has 2 aliphatic rings. The van der Waals surface area contributed by atoms with Gasteiger partial charge in [-0.15, -0.1) is 0 Å². The number of benzene rings is 2. The largest absolute Gasteiger partial charge is 0.457 e. The number of nitrogens with zero attached hydrogens (tertiary/aromatic N) is 1. The first-order valence-electron chi connectivity index (χ1n) is 11.8. The molecular formula is C26H32FN3O4S. The molecule has 2 aliphatic heterocycles. The Morgan fingerprint density at radius 3 is 2.57 bits per heavy atom. The number of hydrogen-bond acceptors (Lipinski definition) is 6. The monoisotopic (exact) mass is 501 g/mol. The molecule has 2 aromatic rings. The molecule has 7 nitrogen and oxygen atoms in total. The summed E-state index contributed by atoms with van der Waals surface area (Å²) in [6, 6.07) is 13.1. The Kier molecular flexibility index (Phi) is 7.59. The number of amidine groups is 1. The van der Waals surface area contributed by atoms with Gasteiger partial charge < -0.3 is 15.2 Å². The van der Waals surface area contributed by atoms with Crippen molar-refractivity contribution in [2.24, 2.45) is 4.99 Å². The average Bonchev–Trinajstić information content (AvgIpc) is 2.82. The predicted octanol–water partition coefficient (Wildman–Crippen LogP) is 3.32. The third kappa shape index (κ3) is 5.91. The van der Waals surface area contributed by atoms with Gasteiger partial charge in [0.05, 0.1) is 6.04 Å². The summed E-state index contributed by atoms with van der Waals surface area (Å²) in [5.41, 5.74) is 2.51. The normalized spacial score (nSPS) is 23.1. The van der Waals surface area contributed by atoms with E-state index in [1.807, 2.05) is 24.3 Å². The van der Waals surface area contributed by atoms with Gasteiger partial charge in [0.1, 0.15) is 16.7 Å². The molecule has 188 valence electrons. The van der Waals surface area contributed by atoms with Crippen LogP contribution in [0.25, 0.3) is 5.57 Å². The number of hydrogen-bond donors (Lipinski definition) is 3.